The molecule has 2 aromatic rings. The molecule has 0 radical (unpaired) electrons. The van der Waals surface area contributed by atoms with Crippen LogP contribution in [0, 0.1) is 11.6 Å². The molecule has 2 rings (SSSR count). The molecule has 0 saturated carbocycles. The average Bonchev–Trinajstić information content (AvgIpc) is 2.70. The van der Waals surface area contributed by atoms with Gasteiger partial charge in [-0.1, -0.05) is 24.3 Å². The molecule has 0 spiro atoms. The summed E-state index contributed by atoms with van der Waals surface area (Å²) < 4.78 is 51.1. The number of nitrogens with zero attached hydrogens (tertiary/aromatic N) is 2. The maximum Gasteiger partial charge on any atom is 0.152 e. The van der Waals surface area contributed by atoms with E-state index in [0.717, 1.165) is 11.1 Å². The molecule has 0 heterocycles. The van der Waals surface area contributed by atoms with E-state index in [1.165, 1.54) is 24.3 Å². The van der Waals surface area contributed by atoms with Crippen molar-refractivity contribution in [2.75, 3.05) is 38.7 Å². The predicted molar refractivity (Wildman–Crippen MR) is 114 cm³/mol. The van der Waals surface area contributed by atoms with E-state index in [1.54, 1.807) is 24.3 Å². The third-order valence-corrected chi connectivity index (χ3v) is 7.15. The van der Waals surface area contributed by atoms with Gasteiger partial charge in [0.1, 0.15) is 11.6 Å². The first-order chi connectivity index (χ1) is 13.6. The van der Waals surface area contributed by atoms with E-state index >= 15 is 0 Å². The van der Waals surface area contributed by atoms with Crippen LogP contribution in [0.25, 0.3) is 0 Å². The van der Waals surface area contributed by atoms with Crippen LogP contribution in [0.4, 0.5) is 8.78 Å². The monoisotopic (exact) mass is 424 g/mol. The zero-order valence-corrected chi connectivity index (χ0v) is 18.3. The van der Waals surface area contributed by atoms with Crippen molar-refractivity contribution in [1.29, 1.82) is 0 Å². The average molecular weight is 425 g/mol. The van der Waals surface area contributed by atoms with Gasteiger partial charge in [-0.05, 0) is 63.3 Å². The molecule has 0 N–H and O–H groups in total. The standard InChI is InChI=1S/C22H30F2N2O2S/c1-17(19-5-9-21(23)10-6-19)25(3)13-15-29(27,28)16-14-26(4)18(2)20-7-11-22(24)12-8-20/h5-12,17-18H,13-16H2,1-4H3. The molecule has 0 fully saturated rings. The van der Waals surface area contributed by atoms with Crippen molar-refractivity contribution in [3.8, 4) is 0 Å². The molecule has 0 aliphatic carbocycles. The highest BCUT2D eigenvalue weighted by molar-refractivity contribution is 7.91. The molecular weight excluding hydrogens is 394 g/mol. The van der Waals surface area contributed by atoms with Gasteiger partial charge in [0.05, 0.1) is 11.5 Å². The van der Waals surface area contributed by atoms with Crippen LogP contribution in [0.2, 0.25) is 0 Å². The van der Waals surface area contributed by atoms with Crippen LogP contribution in [0.5, 0.6) is 0 Å². The second kappa shape index (κ2) is 10.3. The van der Waals surface area contributed by atoms with Crippen molar-refractivity contribution in [1.82, 2.24) is 9.80 Å². The Morgan fingerprint density at radius 2 is 1.03 bits per heavy atom. The summed E-state index contributed by atoms with van der Waals surface area (Å²) >= 11 is 0. The lowest BCUT2D eigenvalue weighted by Crippen LogP contribution is -2.33. The number of hydrogen-bond acceptors (Lipinski definition) is 4. The Morgan fingerprint density at radius 1 is 0.724 bits per heavy atom. The number of benzene rings is 2. The molecule has 2 unspecified atom stereocenters. The lowest BCUT2D eigenvalue weighted by atomic mass is 10.1. The fourth-order valence-electron chi connectivity index (χ4n) is 3.05. The van der Waals surface area contributed by atoms with Gasteiger partial charge < -0.3 is 0 Å². The van der Waals surface area contributed by atoms with Crippen LogP contribution < -0.4 is 0 Å². The van der Waals surface area contributed by atoms with E-state index in [4.69, 9.17) is 0 Å². The molecule has 4 nitrogen and oxygen atoms in total. The maximum atomic E-state index is 13.1. The summed E-state index contributed by atoms with van der Waals surface area (Å²) in [6, 6.07) is 12.5. The Balaban J connectivity index is 1.84. The molecule has 0 aliphatic rings. The smallest absolute Gasteiger partial charge is 0.152 e. The molecule has 2 aromatic carbocycles. The van der Waals surface area contributed by atoms with E-state index in [1.807, 2.05) is 37.7 Å². The van der Waals surface area contributed by atoms with Crippen LogP contribution in [0.15, 0.2) is 48.5 Å². The summed E-state index contributed by atoms with van der Waals surface area (Å²) in [5.41, 5.74) is 1.89. The first kappa shape index (κ1) is 23.4. The number of halogens is 2. The van der Waals surface area contributed by atoms with Crippen molar-refractivity contribution in [3.05, 3.63) is 71.3 Å². The van der Waals surface area contributed by atoms with Crippen LogP contribution in [0.1, 0.15) is 37.1 Å². The zero-order valence-electron chi connectivity index (χ0n) is 17.5. The highest BCUT2D eigenvalue weighted by atomic mass is 32.2. The lowest BCUT2D eigenvalue weighted by Gasteiger charge is -2.26. The van der Waals surface area contributed by atoms with Gasteiger partial charge in [-0.15, -0.1) is 0 Å². The first-order valence-corrected chi connectivity index (χ1v) is 11.5. The van der Waals surface area contributed by atoms with Crippen molar-refractivity contribution in [3.63, 3.8) is 0 Å². The second-order valence-electron chi connectivity index (χ2n) is 7.57. The largest absolute Gasteiger partial charge is 0.299 e. The minimum Gasteiger partial charge on any atom is -0.299 e. The molecule has 0 saturated heterocycles. The Kier molecular flexibility index (Phi) is 8.31. The summed E-state index contributed by atoms with van der Waals surface area (Å²) in [6.45, 7) is 4.74. The fraction of sp³-hybridized carbons (Fsp3) is 0.455. The summed E-state index contributed by atoms with van der Waals surface area (Å²) in [5, 5.41) is 0. The zero-order chi connectivity index (χ0) is 21.6. The Labute approximate surface area is 173 Å². The molecule has 7 heteroatoms. The normalized spacial score (nSPS) is 14.3. The molecule has 29 heavy (non-hydrogen) atoms. The minimum atomic E-state index is -3.22. The Hall–Kier alpha value is -1.83. The summed E-state index contributed by atoms with van der Waals surface area (Å²) in [4.78, 5) is 3.91. The van der Waals surface area contributed by atoms with Crippen LogP contribution in [0.3, 0.4) is 0 Å². The maximum absolute atomic E-state index is 13.1. The quantitative estimate of drug-likeness (QED) is 0.577. The second-order valence-corrected chi connectivity index (χ2v) is 9.87. The van der Waals surface area contributed by atoms with Gasteiger partial charge in [-0.3, -0.25) is 9.80 Å². The van der Waals surface area contributed by atoms with Gasteiger partial charge in [-0.2, -0.15) is 0 Å². The number of sulfone groups is 1. The van der Waals surface area contributed by atoms with Gasteiger partial charge >= 0.3 is 0 Å². The van der Waals surface area contributed by atoms with Gasteiger partial charge in [0.15, 0.2) is 9.84 Å². The molecule has 160 valence electrons. The first-order valence-electron chi connectivity index (χ1n) is 9.71. The fourth-order valence-corrected chi connectivity index (χ4v) is 4.38. The highest BCUT2D eigenvalue weighted by Crippen LogP contribution is 2.20. The van der Waals surface area contributed by atoms with E-state index < -0.39 is 9.84 Å². The van der Waals surface area contributed by atoms with E-state index in [0.29, 0.717) is 13.1 Å². The van der Waals surface area contributed by atoms with E-state index in [-0.39, 0.29) is 35.2 Å². The SMILES string of the molecule is CC(c1ccc(F)cc1)N(C)CCS(=O)(=O)CCN(C)C(C)c1ccc(F)cc1. The van der Waals surface area contributed by atoms with Gasteiger partial charge in [0.25, 0.3) is 0 Å². The van der Waals surface area contributed by atoms with Gasteiger partial charge in [0.2, 0.25) is 0 Å². The van der Waals surface area contributed by atoms with Crippen molar-refractivity contribution in [2.45, 2.75) is 25.9 Å². The molecule has 2 atom stereocenters. The number of rotatable bonds is 10. The third-order valence-electron chi connectivity index (χ3n) is 5.54. The molecular formula is C22H30F2N2O2S. The predicted octanol–water partition coefficient (Wildman–Crippen LogP) is 4.07. The van der Waals surface area contributed by atoms with Crippen LogP contribution in [-0.2, 0) is 9.84 Å². The Morgan fingerprint density at radius 3 is 1.34 bits per heavy atom. The van der Waals surface area contributed by atoms with Gasteiger partial charge in [0, 0.05) is 25.2 Å². The van der Waals surface area contributed by atoms with Crippen LogP contribution >= 0.6 is 0 Å². The van der Waals surface area contributed by atoms with E-state index in [2.05, 4.69) is 0 Å². The lowest BCUT2D eigenvalue weighted by molar-refractivity contribution is 0.272. The minimum absolute atomic E-state index is 0.00743. The Bertz CT molecular complexity index is 803. The highest BCUT2D eigenvalue weighted by Gasteiger charge is 2.19. The number of hydrogen-bond donors (Lipinski definition) is 0. The molecule has 0 amide bonds. The van der Waals surface area contributed by atoms with Crippen molar-refractivity contribution in [2.24, 2.45) is 0 Å². The summed E-state index contributed by atoms with van der Waals surface area (Å²) in [6.07, 6.45) is 0. The van der Waals surface area contributed by atoms with E-state index in [9.17, 15) is 17.2 Å². The molecule has 0 aliphatic heterocycles. The molecule has 0 aromatic heterocycles. The van der Waals surface area contributed by atoms with Gasteiger partial charge in [-0.25, -0.2) is 17.2 Å². The van der Waals surface area contributed by atoms with Crippen molar-refractivity contribution >= 4 is 9.84 Å². The van der Waals surface area contributed by atoms with Crippen molar-refractivity contribution < 1.29 is 17.2 Å². The third kappa shape index (κ3) is 7.17. The van der Waals surface area contributed by atoms with Crippen LogP contribution in [-0.4, -0.2) is 56.9 Å². The topological polar surface area (TPSA) is 40.6 Å². The summed E-state index contributed by atoms with van der Waals surface area (Å²) in [5.74, 6) is -0.447. The molecule has 0 bridgehead atoms. The summed E-state index contributed by atoms with van der Waals surface area (Å²) in [7, 11) is 0.515.